The topological polar surface area (TPSA) is 55.1 Å². The highest BCUT2D eigenvalue weighted by molar-refractivity contribution is 7.99. The van der Waals surface area contributed by atoms with Crippen LogP contribution in [0.2, 0.25) is 0 Å². The minimum absolute atomic E-state index is 0.315. The van der Waals surface area contributed by atoms with Gasteiger partial charge in [0.25, 0.3) is 11.7 Å². The van der Waals surface area contributed by atoms with Crippen LogP contribution in [0.4, 0.5) is 14.5 Å². The molecule has 1 amide bonds. The predicted molar refractivity (Wildman–Crippen MR) is 95.5 cm³/mol. The number of rotatable bonds is 5. The lowest BCUT2D eigenvalue weighted by Crippen LogP contribution is -2.12. The van der Waals surface area contributed by atoms with Gasteiger partial charge < -0.3 is 9.73 Å². The van der Waals surface area contributed by atoms with Crippen LogP contribution in [0.1, 0.15) is 21.1 Å². The highest BCUT2D eigenvalue weighted by Crippen LogP contribution is 2.33. The zero-order valence-electron chi connectivity index (χ0n) is 13.4. The third kappa shape index (κ3) is 4.08. The van der Waals surface area contributed by atoms with Gasteiger partial charge in [-0.05, 0) is 38.1 Å². The van der Waals surface area contributed by atoms with Crippen molar-refractivity contribution < 1.29 is 18.0 Å². The molecule has 0 aliphatic carbocycles. The molecule has 25 heavy (non-hydrogen) atoms. The number of aromatic nitrogens is 1. The lowest BCUT2D eigenvalue weighted by molar-refractivity contribution is 0.102. The Kier molecular flexibility index (Phi) is 5.19. The third-order valence-electron chi connectivity index (χ3n) is 3.31. The molecule has 3 aromatic rings. The van der Waals surface area contributed by atoms with Gasteiger partial charge >= 0.3 is 0 Å². The number of thioether (sulfide) groups is 1. The van der Waals surface area contributed by atoms with Crippen LogP contribution in [-0.2, 0) is 0 Å². The molecule has 0 saturated carbocycles. The second-order valence-electron chi connectivity index (χ2n) is 5.17. The second-order valence-corrected chi connectivity index (χ2v) is 7.20. The predicted octanol–water partition coefficient (Wildman–Crippen LogP) is 5.59. The summed E-state index contributed by atoms with van der Waals surface area (Å²) in [5.74, 6) is -1.59. The molecular formula is C17H14F2N2O2S2. The number of carbonyl (C=O) groups excluding carboxylic acids is 1. The maximum Gasteiger partial charge on any atom is 0.288 e. The molecule has 0 spiro atoms. The molecule has 8 heteroatoms. The Hall–Kier alpha value is -2.19. The number of nitrogens with zero attached hydrogens (tertiary/aromatic N) is 1. The first-order chi connectivity index (χ1) is 11.9. The summed E-state index contributed by atoms with van der Waals surface area (Å²) in [6.45, 7) is 3.56. The highest BCUT2D eigenvalue weighted by atomic mass is 32.2. The van der Waals surface area contributed by atoms with Crippen molar-refractivity contribution >= 4 is 34.7 Å². The van der Waals surface area contributed by atoms with Gasteiger partial charge in [0, 0.05) is 4.90 Å². The van der Waals surface area contributed by atoms with Crippen molar-refractivity contribution in [2.45, 2.75) is 24.5 Å². The molecule has 0 fully saturated rings. The average Bonchev–Trinajstić information content (AvgIpc) is 3.14. The monoisotopic (exact) mass is 380 g/mol. The smallest absolute Gasteiger partial charge is 0.288 e. The number of carbonyl (C=O) groups is 1. The Morgan fingerprint density at radius 1 is 1.24 bits per heavy atom. The Morgan fingerprint density at radius 2 is 2.00 bits per heavy atom. The molecule has 0 atom stereocenters. The van der Waals surface area contributed by atoms with E-state index in [0.717, 1.165) is 5.76 Å². The van der Waals surface area contributed by atoms with Gasteiger partial charge in [-0.25, -0.2) is 4.98 Å². The van der Waals surface area contributed by atoms with Crippen molar-refractivity contribution in [3.05, 3.63) is 52.7 Å². The van der Waals surface area contributed by atoms with Gasteiger partial charge in [-0.15, -0.1) is 11.3 Å². The van der Waals surface area contributed by atoms with Crippen molar-refractivity contribution in [1.82, 2.24) is 4.98 Å². The Morgan fingerprint density at radius 3 is 2.68 bits per heavy atom. The molecule has 0 saturated heterocycles. The van der Waals surface area contributed by atoms with Gasteiger partial charge in [0.1, 0.15) is 10.6 Å². The zero-order valence-corrected chi connectivity index (χ0v) is 15.0. The maximum atomic E-state index is 12.6. The van der Waals surface area contributed by atoms with E-state index in [-0.39, 0.29) is 5.91 Å². The third-order valence-corrected chi connectivity index (χ3v) is 5.26. The molecule has 0 bridgehead atoms. The molecule has 0 aliphatic rings. The molecule has 0 unspecified atom stereocenters. The summed E-state index contributed by atoms with van der Waals surface area (Å²) in [6.07, 6.45) is 0. The van der Waals surface area contributed by atoms with Gasteiger partial charge in [-0.3, -0.25) is 4.79 Å². The van der Waals surface area contributed by atoms with Crippen LogP contribution < -0.4 is 5.32 Å². The summed E-state index contributed by atoms with van der Waals surface area (Å²) in [5, 5.41) is 3.29. The van der Waals surface area contributed by atoms with Crippen LogP contribution in [0.5, 0.6) is 0 Å². The van der Waals surface area contributed by atoms with Crippen LogP contribution in [-0.4, -0.2) is 16.6 Å². The molecule has 1 N–H and O–H groups in total. The normalized spacial score (nSPS) is 11.1. The standard InChI is InChI=1S/C17H14F2N2O2S2/c1-9-7-8-12(23-9)16-20-10(2)14(25-16)15(22)21-11-5-3-4-6-13(11)24-17(18)19/h3-8,17H,1-2H3,(H,21,22). The Labute approximate surface area is 151 Å². The van der Waals surface area contributed by atoms with Gasteiger partial charge in [0.05, 0.1) is 11.4 Å². The number of furan rings is 1. The number of halogens is 2. The molecule has 130 valence electrons. The summed E-state index contributed by atoms with van der Waals surface area (Å²) in [4.78, 5) is 17.7. The SMILES string of the molecule is Cc1ccc(-c2nc(C)c(C(=O)Nc3ccccc3SC(F)F)s2)o1. The quantitative estimate of drug-likeness (QED) is 0.587. The molecule has 0 aliphatic heterocycles. The molecule has 2 aromatic heterocycles. The number of amides is 1. The van der Waals surface area contributed by atoms with E-state index < -0.39 is 5.76 Å². The van der Waals surface area contributed by atoms with Crippen LogP contribution in [0.25, 0.3) is 10.8 Å². The fourth-order valence-electron chi connectivity index (χ4n) is 2.21. The number of aryl methyl sites for hydroxylation is 2. The van der Waals surface area contributed by atoms with Crippen LogP contribution in [0.15, 0.2) is 45.7 Å². The zero-order chi connectivity index (χ0) is 18.0. The maximum absolute atomic E-state index is 12.6. The van der Waals surface area contributed by atoms with E-state index in [9.17, 15) is 13.6 Å². The van der Waals surface area contributed by atoms with Gasteiger partial charge in [0.15, 0.2) is 10.8 Å². The minimum atomic E-state index is -2.56. The van der Waals surface area contributed by atoms with Crippen molar-refractivity contribution in [2.75, 3.05) is 5.32 Å². The van der Waals surface area contributed by atoms with Crippen molar-refractivity contribution in [1.29, 1.82) is 0 Å². The number of thiazole rings is 1. The summed E-state index contributed by atoms with van der Waals surface area (Å²) in [7, 11) is 0. The van der Waals surface area contributed by atoms with Crippen molar-refractivity contribution in [3.8, 4) is 10.8 Å². The van der Waals surface area contributed by atoms with E-state index in [1.807, 2.05) is 13.0 Å². The van der Waals surface area contributed by atoms with E-state index in [0.29, 0.717) is 43.7 Å². The summed E-state index contributed by atoms with van der Waals surface area (Å²) in [5.41, 5.74) is 0.909. The number of alkyl halides is 2. The number of hydrogen-bond donors (Lipinski definition) is 1. The lowest BCUT2D eigenvalue weighted by Gasteiger charge is -2.09. The molecular weight excluding hydrogens is 366 g/mol. The van der Waals surface area contributed by atoms with E-state index in [1.54, 1.807) is 37.3 Å². The Bertz CT molecular complexity index is 906. The number of anilines is 1. The van der Waals surface area contributed by atoms with Crippen LogP contribution >= 0.6 is 23.1 Å². The molecule has 4 nitrogen and oxygen atoms in total. The van der Waals surface area contributed by atoms with Gasteiger partial charge in [-0.2, -0.15) is 8.78 Å². The van der Waals surface area contributed by atoms with Gasteiger partial charge in [-0.1, -0.05) is 23.9 Å². The first-order valence-corrected chi connectivity index (χ1v) is 9.03. The minimum Gasteiger partial charge on any atom is -0.459 e. The van der Waals surface area contributed by atoms with E-state index >= 15 is 0 Å². The van der Waals surface area contributed by atoms with E-state index in [2.05, 4.69) is 10.3 Å². The van der Waals surface area contributed by atoms with Crippen molar-refractivity contribution in [3.63, 3.8) is 0 Å². The van der Waals surface area contributed by atoms with Crippen molar-refractivity contribution in [2.24, 2.45) is 0 Å². The largest absolute Gasteiger partial charge is 0.459 e. The van der Waals surface area contributed by atoms with E-state index in [1.165, 1.54) is 11.3 Å². The fourth-order valence-corrected chi connectivity index (χ4v) is 3.73. The molecule has 1 aromatic carbocycles. The average molecular weight is 380 g/mol. The number of nitrogens with one attached hydrogen (secondary N) is 1. The number of para-hydroxylation sites is 1. The van der Waals surface area contributed by atoms with Gasteiger partial charge in [0.2, 0.25) is 0 Å². The second kappa shape index (κ2) is 7.37. The molecule has 2 heterocycles. The molecule has 0 radical (unpaired) electrons. The van der Waals surface area contributed by atoms with Crippen LogP contribution in [0.3, 0.4) is 0 Å². The number of benzene rings is 1. The first kappa shape index (κ1) is 17.6. The molecule has 3 rings (SSSR count). The Balaban J connectivity index is 1.84. The van der Waals surface area contributed by atoms with Crippen LogP contribution in [0, 0.1) is 13.8 Å². The first-order valence-electron chi connectivity index (χ1n) is 7.33. The lowest BCUT2D eigenvalue weighted by atomic mass is 10.3. The summed E-state index contributed by atoms with van der Waals surface area (Å²) < 4.78 is 30.8. The number of hydrogen-bond acceptors (Lipinski definition) is 5. The summed E-state index contributed by atoms with van der Waals surface area (Å²) >= 11 is 1.60. The fraction of sp³-hybridized carbons (Fsp3) is 0.176. The summed E-state index contributed by atoms with van der Waals surface area (Å²) in [6, 6.07) is 10.1. The highest BCUT2D eigenvalue weighted by Gasteiger charge is 2.19. The van der Waals surface area contributed by atoms with E-state index in [4.69, 9.17) is 4.42 Å².